The molecule has 4 aromatic carbocycles. The molecule has 0 aliphatic carbocycles. The van der Waals surface area contributed by atoms with Crippen molar-refractivity contribution in [3.8, 4) is 34.1 Å². The highest BCUT2D eigenvalue weighted by molar-refractivity contribution is 5.93. The first-order valence-electron chi connectivity index (χ1n) is 13.0. The van der Waals surface area contributed by atoms with Crippen molar-refractivity contribution >= 4 is 23.9 Å². The van der Waals surface area contributed by atoms with Gasteiger partial charge in [-0.25, -0.2) is 19.2 Å². The predicted octanol–water partition coefficient (Wildman–Crippen LogP) is 5.92. The van der Waals surface area contributed by atoms with E-state index in [1.54, 1.807) is 6.07 Å². The van der Waals surface area contributed by atoms with Crippen molar-refractivity contribution in [2.75, 3.05) is 13.6 Å². The largest absolute Gasteiger partial charge is 0.457 e. The zero-order valence-corrected chi connectivity index (χ0v) is 23.3. The highest BCUT2D eigenvalue weighted by atomic mass is 16.7. The Morgan fingerprint density at radius 1 is 0.568 bits per heavy atom. The van der Waals surface area contributed by atoms with Crippen LogP contribution in [0.2, 0.25) is 0 Å². The van der Waals surface area contributed by atoms with Crippen LogP contribution in [0, 0.1) is 0 Å². The summed E-state index contributed by atoms with van der Waals surface area (Å²) in [6, 6.07) is 26.0. The van der Waals surface area contributed by atoms with E-state index in [1.165, 1.54) is 60.7 Å². The number of carbonyl (C=O) groups excluding carboxylic acids is 4. The number of hydrogen-bond acceptors (Lipinski definition) is 10. The van der Waals surface area contributed by atoms with Gasteiger partial charge in [-0.1, -0.05) is 43.5 Å². The lowest BCUT2D eigenvalue weighted by molar-refractivity contribution is -0.145. The number of esters is 4. The lowest BCUT2D eigenvalue weighted by atomic mass is 10.0. The normalized spacial score (nSPS) is 10.1. The van der Waals surface area contributed by atoms with E-state index in [4.69, 9.17) is 28.4 Å². The molecule has 0 aromatic heterocycles. The summed E-state index contributed by atoms with van der Waals surface area (Å²) in [7, 11) is 0. The van der Waals surface area contributed by atoms with E-state index in [1.807, 2.05) is 30.3 Å². The second-order valence-corrected chi connectivity index (χ2v) is 8.71. The van der Waals surface area contributed by atoms with Crippen LogP contribution in [0.3, 0.4) is 0 Å². The Balaban J connectivity index is 1.44. The zero-order valence-electron chi connectivity index (χ0n) is 23.3. The monoisotopic (exact) mass is 594 g/mol. The average molecular weight is 595 g/mol. The molecule has 0 radical (unpaired) electrons. The zero-order chi connectivity index (χ0) is 31.3. The van der Waals surface area contributed by atoms with E-state index in [0.29, 0.717) is 17.1 Å². The van der Waals surface area contributed by atoms with Crippen molar-refractivity contribution < 1.29 is 47.6 Å². The van der Waals surface area contributed by atoms with Crippen molar-refractivity contribution in [3.63, 3.8) is 0 Å². The molecule has 10 nitrogen and oxygen atoms in total. The molecule has 0 bridgehead atoms. The molecule has 0 spiro atoms. The van der Waals surface area contributed by atoms with Gasteiger partial charge in [-0.3, -0.25) is 0 Å². The fraction of sp³-hybridized carbons (Fsp3) is 0.0588. The van der Waals surface area contributed by atoms with Crippen LogP contribution in [0.5, 0.6) is 23.0 Å². The number of benzene rings is 4. The van der Waals surface area contributed by atoms with Gasteiger partial charge in [0.25, 0.3) is 0 Å². The quantitative estimate of drug-likeness (QED) is 0.0797. The van der Waals surface area contributed by atoms with Gasteiger partial charge in [0.1, 0.15) is 23.0 Å². The smallest absolute Gasteiger partial charge is 0.343 e. The third kappa shape index (κ3) is 8.67. The van der Waals surface area contributed by atoms with Gasteiger partial charge in [0.15, 0.2) is 0 Å². The molecule has 0 N–H and O–H groups in total. The van der Waals surface area contributed by atoms with E-state index in [0.717, 1.165) is 17.7 Å². The average Bonchev–Trinajstić information content (AvgIpc) is 3.06. The minimum atomic E-state index is -0.627. The molecule has 4 rings (SSSR count). The second kappa shape index (κ2) is 15.2. The number of carbonyl (C=O) groups is 4. The summed E-state index contributed by atoms with van der Waals surface area (Å²) in [4.78, 5) is 48.0. The molecule has 4 aromatic rings. The molecule has 44 heavy (non-hydrogen) atoms. The Kier molecular flexibility index (Phi) is 10.6. The standard InChI is InChI=1S/C34H26O10/c1-3-31(35)41-21-39-26-14-10-24(11-15-26)33(37)43-28-18-19-30(29(20-28)23-8-6-5-7-9-23)44-34(38)25-12-16-27(17-13-25)40-22-42-32(36)4-2/h3-20H,1-2,21-22H2. The van der Waals surface area contributed by atoms with Gasteiger partial charge in [0.2, 0.25) is 13.6 Å². The predicted molar refractivity (Wildman–Crippen MR) is 158 cm³/mol. The Hall–Kier alpha value is -6.16. The van der Waals surface area contributed by atoms with Crippen LogP contribution in [-0.4, -0.2) is 37.5 Å². The van der Waals surface area contributed by atoms with E-state index < -0.39 is 23.9 Å². The molecule has 0 aliphatic heterocycles. The van der Waals surface area contributed by atoms with Gasteiger partial charge in [0, 0.05) is 17.7 Å². The minimum absolute atomic E-state index is 0.226. The van der Waals surface area contributed by atoms with Crippen molar-refractivity contribution in [1.82, 2.24) is 0 Å². The van der Waals surface area contributed by atoms with Crippen LogP contribution in [0.15, 0.2) is 122 Å². The van der Waals surface area contributed by atoms with Crippen molar-refractivity contribution in [1.29, 1.82) is 0 Å². The first-order chi connectivity index (χ1) is 21.4. The van der Waals surface area contributed by atoms with E-state index in [9.17, 15) is 19.2 Å². The maximum atomic E-state index is 13.0. The first-order valence-corrected chi connectivity index (χ1v) is 13.0. The molecule has 0 aliphatic rings. The SMILES string of the molecule is C=CC(=O)OCOc1ccc(C(=O)Oc2ccc(OC(=O)c3ccc(OCOC(=O)C=C)cc3)c(-c3ccccc3)c2)cc1. The summed E-state index contributed by atoms with van der Waals surface area (Å²) in [5.74, 6) is -1.25. The van der Waals surface area contributed by atoms with E-state index in [2.05, 4.69) is 13.2 Å². The third-order valence-electron chi connectivity index (χ3n) is 5.82. The Morgan fingerprint density at radius 3 is 1.55 bits per heavy atom. The first kappa shape index (κ1) is 30.8. The van der Waals surface area contributed by atoms with E-state index in [-0.39, 0.29) is 36.2 Å². The topological polar surface area (TPSA) is 124 Å². The van der Waals surface area contributed by atoms with Crippen LogP contribution in [0.25, 0.3) is 11.1 Å². The molecule has 222 valence electrons. The van der Waals surface area contributed by atoms with Gasteiger partial charge in [-0.15, -0.1) is 0 Å². The molecule has 0 amide bonds. The third-order valence-corrected chi connectivity index (χ3v) is 5.82. The molecule has 0 saturated heterocycles. The summed E-state index contributed by atoms with van der Waals surface area (Å²) < 4.78 is 31.4. The fourth-order valence-electron chi connectivity index (χ4n) is 3.63. The molecular formula is C34H26O10. The van der Waals surface area contributed by atoms with Gasteiger partial charge >= 0.3 is 23.9 Å². The molecular weight excluding hydrogens is 568 g/mol. The molecule has 0 heterocycles. The highest BCUT2D eigenvalue weighted by Crippen LogP contribution is 2.34. The lowest BCUT2D eigenvalue weighted by Crippen LogP contribution is -2.11. The van der Waals surface area contributed by atoms with Gasteiger partial charge in [-0.05, 0) is 72.3 Å². The Morgan fingerprint density at radius 2 is 1.05 bits per heavy atom. The van der Waals surface area contributed by atoms with Crippen molar-refractivity contribution in [2.24, 2.45) is 0 Å². The number of ether oxygens (including phenoxy) is 6. The highest BCUT2D eigenvalue weighted by Gasteiger charge is 2.16. The summed E-state index contributed by atoms with van der Waals surface area (Å²) >= 11 is 0. The maximum absolute atomic E-state index is 13.0. The lowest BCUT2D eigenvalue weighted by Gasteiger charge is -2.13. The number of hydrogen-bond donors (Lipinski definition) is 0. The summed E-state index contributed by atoms with van der Waals surface area (Å²) in [6.45, 7) is 6.00. The van der Waals surface area contributed by atoms with Crippen LogP contribution >= 0.6 is 0 Å². The fourth-order valence-corrected chi connectivity index (χ4v) is 3.63. The summed E-state index contributed by atoms with van der Waals surface area (Å²) in [5.41, 5.74) is 1.75. The maximum Gasteiger partial charge on any atom is 0.343 e. The Bertz CT molecular complexity index is 1640. The second-order valence-electron chi connectivity index (χ2n) is 8.71. The van der Waals surface area contributed by atoms with Gasteiger partial charge in [0.05, 0.1) is 11.1 Å². The Labute approximate surface area is 252 Å². The number of rotatable bonds is 13. The van der Waals surface area contributed by atoms with Gasteiger partial charge in [-0.2, -0.15) is 0 Å². The van der Waals surface area contributed by atoms with Gasteiger partial charge < -0.3 is 28.4 Å². The van der Waals surface area contributed by atoms with Crippen LogP contribution < -0.4 is 18.9 Å². The molecule has 0 saturated carbocycles. The van der Waals surface area contributed by atoms with Crippen molar-refractivity contribution in [2.45, 2.75) is 0 Å². The van der Waals surface area contributed by atoms with Crippen LogP contribution in [-0.2, 0) is 19.1 Å². The van der Waals surface area contributed by atoms with Crippen molar-refractivity contribution in [3.05, 3.63) is 133 Å². The summed E-state index contributed by atoms with van der Waals surface area (Å²) in [5, 5.41) is 0. The van der Waals surface area contributed by atoms with Crippen LogP contribution in [0.1, 0.15) is 20.7 Å². The molecule has 10 heteroatoms. The molecule has 0 atom stereocenters. The van der Waals surface area contributed by atoms with E-state index >= 15 is 0 Å². The minimum Gasteiger partial charge on any atom is -0.457 e. The van der Waals surface area contributed by atoms with Crippen LogP contribution in [0.4, 0.5) is 0 Å². The molecule has 0 fully saturated rings. The summed E-state index contributed by atoms with van der Waals surface area (Å²) in [6.07, 6.45) is 2.04. The molecule has 0 unspecified atom stereocenters.